The van der Waals surface area contributed by atoms with E-state index in [1.807, 2.05) is 31.2 Å². The Morgan fingerprint density at radius 2 is 1.60 bits per heavy atom. The molecular formula is C32H40Cl2N8O3. The second kappa shape index (κ2) is 15.7. The van der Waals surface area contributed by atoms with E-state index in [2.05, 4.69) is 35.3 Å². The number of carbonyl (C=O) groups is 2. The molecule has 0 atom stereocenters. The maximum absolute atomic E-state index is 11.6. The van der Waals surface area contributed by atoms with E-state index in [4.69, 9.17) is 32.9 Å². The zero-order chi connectivity index (χ0) is 31.8. The van der Waals surface area contributed by atoms with Gasteiger partial charge >= 0.3 is 0 Å². The van der Waals surface area contributed by atoms with Gasteiger partial charge in [0.25, 0.3) is 0 Å². The number of amides is 2. The van der Waals surface area contributed by atoms with E-state index in [1.54, 1.807) is 25.4 Å². The highest BCUT2D eigenvalue weighted by Gasteiger charge is 2.21. The molecule has 2 saturated heterocycles. The topological polar surface area (TPSA) is 116 Å². The van der Waals surface area contributed by atoms with Crippen LogP contribution in [0.1, 0.15) is 38.7 Å². The molecule has 0 aliphatic carbocycles. The van der Waals surface area contributed by atoms with Gasteiger partial charge in [-0.25, -0.2) is 15.0 Å². The van der Waals surface area contributed by atoms with E-state index < -0.39 is 0 Å². The summed E-state index contributed by atoms with van der Waals surface area (Å²) >= 11 is 12.7. The molecule has 2 amide bonds. The number of benzene rings is 1. The molecule has 2 aromatic heterocycles. The first-order valence-corrected chi connectivity index (χ1v) is 16.2. The molecule has 0 spiro atoms. The van der Waals surface area contributed by atoms with Crippen molar-refractivity contribution in [2.24, 2.45) is 5.92 Å². The standard InChI is InChI=1S/C32H40Cl2N8O3/c1-3-30(44)38-21-41-8-10-42(11-9-41)32-36-18-28(19-37-32)45-31-13-24(12-29(39-31)25-14-26(33)16-27(34)15-25)20-40-6-4-23(5-7-40)17-35-22(2)43/h12-16,18-19,23H,3-11,17,20-21H2,1-2H3,(H,35,43)(H,38,44). The summed E-state index contributed by atoms with van der Waals surface area (Å²) in [7, 11) is 0. The average molecular weight is 656 g/mol. The maximum Gasteiger partial charge on any atom is 0.225 e. The Kier molecular flexibility index (Phi) is 11.4. The van der Waals surface area contributed by atoms with Crippen molar-refractivity contribution in [2.45, 2.75) is 39.7 Å². The Labute approximate surface area is 274 Å². The van der Waals surface area contributed by atoms with Crippen molar-refractivity contribution >= 4 is 41.0 Å². The number of nitrogens with zero attached hydrogens (tertiary/aromatic N) is 6. The summed E-state index contributed by atoms with van der Waals surface area (Å²) in [6, 6.07) is 9.37. The first-order valence-electron chi connectivity index (χ1n) is 15.4. The lowest BCUT2D eigenvalue weighted by atomic mass is 9.96. The summed E-state index contributed by atoms with van der Waals surface area (Å²) in [6.07, 6.45) is 5.87. The lowest BCUT2D eigenvalue weighted by molar-refractivity contribution is -0.121. The average Bonchev–Trinajstić information content (AvgIpc) is 3.03. The first-order chi connectivity index (χ1) is 21.7. The van der Waals surface area contributed by atoms with Gasteiger partial charge < -0.3 is 20.3 Å². The van der Waals surface area contributed by atoms with Gasteiger partial charge in [-0.05, 0) is 61.7 Å². The highest BCUT2D eigenvalue weighted by molar-refractivity contribution is 6.35. The van der Waals surface area contributed by atoms with Crippen LogP contribution in [-0.2, 0) is 16.1 Å². The highest BCUT2D eigenvalue weighted by Crippen LogP contribution is 2.31. The number of likely N-dealkylation sites (tertiary alicyclic amines) is 1. The Balaban J connectivity index is 1.25. The van der Waals surface area contributed by atoms with E-state index >= 15 is 0 Å². The molecule has 45 heavy (non-hydrogen) atoms. The number of pyridine rings is 1. The molecule has 2 fully saturated rings. The lowest BCUT2D eigenvalue weighted by Crippen LogP contribution is -2.50. The summed E-state index contributed by atoms with van der Waals surface area (Å²) in [5.41, 5.74) is 2.56. The second-order valence-electron chi connectivity index (χ2n) is 11.6. The monoisotopic (exact) mass is 654 g/mol. The molecule has 3 aromatic rings. The summed E-state index contributed by atoms with van der Waals surface area (Å²) in [4.78, 5) is 43.5. The number of hydrogen-bond donors (Lipinski definition) is 2. The normalized spacial score (nSPS) is 16.4. The van der Waals surface area contributed by atoms with E-state index in [1.165, 1.54) is 0 Å². The fourth-order valence-corrected chi connectivity index (χ4v) is 6.05. The molecule has 0 radical (unpaired) electrons. The molecule has 0 bridgehead atoms. The van der Waals surface area contributed by atoms with Crippen LogP contribution >= 0.6 is 23.2 Å². The zero-order valence-corrected chi connectivity index (χ0v) is 27.3. The van der Waals surface area contributed by atoms with Gasteiger partial charge in [0.1, 0.15) is 0 Å². The fraction of sp³-hybridized carbons (Fsp3) is 0.469. The van der Waals surface area contributed by atoms with Crippen molar-refractivity contribution in [3.63, 3.8) is 0 Å². The smallest absolute Gasteiger partial charge is 0.225 e. The van der Waals surface area contributed by atoms with Crippen LogP contribution in [-0.4, -0.2) is 89.0 Å². The molecule has 5 rings (SSSR count). The van der Waals surface area contributed by atoms with Gasteiger partial charge in [0.05, 0.1) is 24.8 Å². The van der Waals surface area contributed by atoms with E-state index in [-0.39, 0.29) is 11.8 Å². The molecule has 240 valence electrons. The first kappa shape index (κ1) is 32.9. The van der Waals surface area contributed by atoms with E-state index in [0.717, 1.165) is 76.3 Å². The van der Waals surface area contributed by atoms with Crippen molar-refractivity contribution in [1.29, 1.82) is 0 Å². The van der Waals surface area contributed by atoms with Gasteiger partial charge in [0.2, 0.25) is 23.6 Å². The number of aromatic nitrogens is 3. The number of anilines is 1. The van der Waals surface area contributed by atoms with Gasteiger partial charge in [-0.1, -0.05) is 30.1 Å². The van der Waals surface area contributed by atoms with Crippen LogP contribution in [0.4, 0.5) is 5.95 Å². The predicted molar refractivity (Wildman–Crippen MR) is 176 cm³/mol. The van der Waals surface area contributed by atoms with Crippen LogP contribution in [0.5, 0.6) is 11.6 Å². The minimum absolute atomic E-state index is 0.0175. The quantitative estimate of drug-likeness (QED) is 0.306. The summed E-state index contributed by atoms with van der Waals surface area (Å²) in [5.74, 6) is 2.11. The fourth-order valence-electron chi connectivity index (χ4n) is 5.52. The predicted octanol–water partition coefficient (Wildman–Crippen LogP) is 4.59. The van der Waals surface area contributed by atoms with Crippen LogP contribution in [0.15, 0.2) is 42.7 Å². The summed E-state index contributed by atoms with van der Waals surface area (Å²) in [5, 5.41) is 6.94. The third kappa shape index (κ3) is 9.74. The van der Waals surface area contributed by atoms with Crippen molar-refractivity contribution < 1.29 is 14.3 Å². The van der Waals surface area contributed by atoms with Crippen LogP contribution in [0, 0.1) is 5.92 Å². The number of piperazine rings is 1. The Bertz CT molecular complexity index is 1440. The molecule has 13 heteroatoms. The number of ether oxygens (including phenoxy) is 1. The molecule has 1 aromatic carbocycles. The third-order valence-electron chi connectivity index (χ3n) is 8.09. The van der Waals surface area contributed by atoms with Gasteiger partial charge in [-0.3, -0.25) is 19.4 Å². The Morgan fingerprint density at radius 3 is 2.24 bits per heavy atom. The summed E-state index contributed by atoms with van der Waals surface area (Å²) < 4.78 is 6.20. The SMILES string of the molecule is CCC(=O)NCN1CCN(c2ncc(Oc3cc(CN4CCC(CNC(C)=O)CC4)cc(-c4cc(Cl)cc(Cl)c4)n3)cn2)CC1. The van der Waals surface area contributed by atoms with Gasteiger partial charge in [-0.2, -0.15) is 0 Å². The number of piperidine rings is 1. The van der Waals surface area contributed by atoms with Crippen LogP contribution < -0.4 is 20.3 Å². The number of rotatable bonds is 11. The van der Waals surface area contributed by atoms with Crippen LogP contribution in [0.3, 0.4) is 0 Å². The van der Waals surface area contributed by atoms with E-state index in [0.29, 0.717) is 52.3 Å². The van der Waals surface area contributed by atoms with Crippen LogP contribution in [0.25, 0.3) is 11.3 Å². The Hall–Kier alpha value is -3.51. The van der Waals surface area contributed by atoms with Gasteiger partial charge in [-0.15, -0.1) is 0 Å². The molecule has 2 N–H and O–H groups in total. The largest absolute Gasteiger partial charge is 0.436 e. The van der Waals surface area contributed by atoms with Gasteiger partial charge in [0.15, 0.2) is 5.75 Å². The maximum atomic E-state index is 11.6. The molecule has 0 saturated carbocycles. The zero-order valence-electron chi connectivity index (χ0n) is 25.8. The van der Waals surface area contributed by atoms with Crippen molar-refractivity contribution in [3.05, 3.63) is 58.3 Å². The van der Waals surface area contributed by atoms with E-state index in [9.17, 15) is 9.59 Å². The molecular weight excluding hydrogens is 615 g/mol. The Morgan fingerprint density at radius 1 is 0.911 bits per heavy atom. The molecule has 4 heterocycles. The molecule has 0 unspecified atom stereocenters. The third-order valence-corrected chi connectivity index (χ3v) is 8.52. The molecule has 2 aliphatic heterocycles. The lowest BCUT2D eigenvalue weighted by Gasteiger charge is -2.34. The second-order valence-corrected chi connectivity index (χ2v) is 12.4. The van der Waals surface area contributed by atoms with Gasteiger partial charge in [0, 0.05) is 74.3 Å². The number of halogens is 2. The number of hydrogen-bond acceptors (Lipinski definition) is 9. The summed E-state index contributed by atoms with van der Waals surface area (Å²) in [6.45, 7) is 10.5. The van der Waals surface area contributed by atoms with Crippen molar-refractivity contribution in [1.82, 2.24) is 35.4 Å². The number of nitrogens with one attached hydrogen (secondary N) is 2. The van der Waals surface area contributed by atoms with Crippen molar-refractivity contribution in [2.75, 3.05) is 57.4 Å². The highest BCUT2D eigenvalue weighted by atomic mass is 35.5. The minimum atomic E-state index is 0.0175. The van der Waals surface area contributed by atoms with Crippen molar-refractivity contribution in [3.8, 4) is 22.9 Å². The van der Waals surface area contributed by atoms with Crippen LogP contribution in [0.2, 0.25) is 10.0 Å². The molecule has 2 aliphatic rings. The minimum Gasteiger partial charge on any atom is -0.436 e. The molecule has 11 nitrogen and oxygen atoms in total. The number of carbonyl (C=O) groups excluding carboxylic acids is 2.